The molecule has 2 aromatic heterocycles. The van der Waals surface area contributed by atoms with Crippen LogP contribution in [-0.2, 0) is 13.0 Å². The average molecular weight is 297 g/mol. The van der Waals surface area contributed by atoms with E-state index in [-0.39, 0.29) is 0 Å². The van der Waals surface area contributed by atoms with Gasteiger partial charge in [0.15, 0.2) is 0 Å². The molecule has 19 heavy (non-hydrogen) atoms. The van der Waals surface area contributed by atoms with E-state index in [1.165, 1.54) is 4.88 Å². The first-order valence-electron chi connectivity index (χ1n) is 6.31. The fourth-order valence-electron chi connectivity index (χ4n) is 1.62. The molecule has 2 aromatic rings. The van der Waals surface area contributed by atoms with E-state index >= 15 is 0 Å². The fourth-order valence-corrected chi connectivity index (χ4v) is 2.49. The maximum atomic E-state index is 6.09. The summed E-state index contributed by atoms with van der Waals surface area (Å²) < 4.78 is 5.66. The van der Waals surface area contributed by atoms with Crippen LogP contribution in [-0.4, -0.2) is 18.1 Å². The summed E-state index contributed by atoms with van der Waals surface area (Å²) >= 11 is 7.83. The second-order valence-corrected chi connectivity index (χ2v) is 5.48. The molecule has 0 aliphatic rings. The molecule has 0 aromatic carbocycles. The average Bonchev–Trinajstić information content (AvgIpc) is 2.92. The molecule has 0 spiro atoms. The maximum Gasteiger partial charge on any atom is 0.213 e. The molecule has 3 nitrogen and oxygen atoms in total. The van der Waals surface area contributed by atoms with Crippen molar-refractivity contribution < 1.29 is 4.74 Å². The van der Waals surface area contributed by atoms with Crippen LogP contribution in [0.2, 0.25) is 5.02 Å². The molecule has 102 valence electrons. The minimum absolute atomic E-state index is 0.633. The predicted octanol–water partition coefficient (Wildman–Crippen LogP) is 3.53. The van der Waals surface area contributed by atoms with Gasteiger partial charge in [0.1, 0.15) is 0 Å². The van der Waals surface area contributed by atoms with Crippen molar-refractivity contribution in [1.29, 1.82) is 0 Å². The largest absolute Gasteiger partial charge is 0.477 e. The summed E-state index contributed by atoms with van der Waals surface area (Å²) in [5, 5.41) is 5.96. The quantitative estimate of drug-likeness (QED) is 0.849. The van der Waals surface area contributed by atoms with E-state index in [9.17, 15) is 0 Å². The lowest BCUT2D eigenvalue weighted by molar-refractivity contribution is 0.309. The van der Waals surface area contributed by atoms with Crippen LogP contribution in [0, 0.1) is 0 Å². The third-order valence-electron chi connectivity index (χ3n) is 2.61. The number of ether oxygens (including phenoxy) is 1. The van der Waals surface area contributed by atoms with Crippen LogP contribution < -0.4 is 10.1 Å². The monoisotopic (exact) mass is 296 g/mol. The highest BCUT2D eigenvalue weighted by atomic mass is 35.5. The molecule has 0 radical (unpaired) electrons. The smallest absolute Gasteiger partial charge is 0.213 e. The number of thiophene rings is 1. The van der Waals surface area contributed by atoms with Crippen LogP contribution in [0.3, 0.4) is 0 Å². The number of halogens is 1. The molecular formula is C14H17ClN2OS. The topological polar surface area (TPSA) is 34.2 Å². The Morgan fingerprint density at radius 1 is 1.37 bits per heavy atom. The van der Waals surface area contributed by atoms with Crippen LogP contribution in [0.25, 0.3) is 0 Å². The molecule has 5 heteroatoms. The van der Waals surface area contributed by atoms with Gasteiger partial charge in [-0.05, 0) is 24.1 Å². The zero-order valence-corrected chi connectivity index (χ0v) is 12.4. The lowest BCUT2D eigenvalue weighted by Gasteiger charge is -2.08. The molecule has 0 atom stereocenters. The zero-order valence-electron chi connectivity index (χ0n) is 10.9. The normalized spacial score (nSPS) is 10.6. The van der Waals surface area contributed by atoms with Crippen LogP contribution in [0.1, 0.15) is 17.5 Å². The Balaban J connectivity index is 1.89. The SMILES string of the molecule is CCNCc1nc(OCCc2cccs2)ccc1Cl. The second-order valence-electron chi connectivity index (χ2n) is 4.04. The van der Waals surface area contributed by atoms with Gasteiger partial charge in [-0.1, -0.05) is 24.6 Å². The zero-order chi connectivity index (χ0) is 13.5. The van der Waals surface area contributed by atoms with Gasteiger partial charge in [-0.3, -0.25) is 0 Å². The van der Waals surface area contributed by atoms with Crippen LogP contribution >= 0.6 is 22.9 Å². The molecule has 0 amide bonds. The van der Waals surface area contributed by atoms with Gasteiger partial charge < -0.3 is 10.1 Å². The Morgan fingerprint density at radius 3 is 3.00 bits per heavy atom. The van der Waals surface area contributed by atoms with Gasteiger partial charge in [-0.2, -0.15) is 0 Å². The molecule has 0 unspecified atom stereocenters. The highest BCUT2D eigenvalue weighted by Crippen LogP contribution is 2.18. The molecule has 0 saturated carbocycles. The Morgan fingerprint density at radius 2 is 2.26 bits per heavy atom. The first kappa shape index (κ1) is 14.3. The summed E-state index contributed by atoms with van der Waals surface area (Å²) in [6.07, 6.45) is 0.907. The molecule has 0 aliphatic heterocycles. The standard InChI is InChI=1S/C14H17ClN2OS/c1-2-16-10-13-12(15)5-6-14(17-13)18-8-7-11-4-3-9-19-11/h3-6,9,16H,2,7-8,10H2,1H3. The van der Waals surface area contributed by atoms with Crippen LogP contribution in [0.15, 0.2) is 29.6 Å². The highest BCUT2D eigenvalue weighted by Gasteiger charge is 2.04. The first-order chi connectivity index (χ1) is 9.29. The Labute approximate surface area is 122 Å². The van der Waals surface area contributed by atoms with Crippen molar-refractivity contribution in [2.75, 3.05) is 13.2 Å². The van der Waals surface area contributed by atoms with E-state index in [0.29, 0.717) is 24.1 Å². The number of nitrogens with one attached hydrogen (secondary N) is 1. The van der Waals surface area contributed by atoms with E-state index in [1.54, 1.807) is 11.3 Å². The Hall–Kier alpha value is -1.10. The van der Waals surface area contributed by atoms with Crippen molar-refractivity contribution in [3.05, 3.63) is 45.2 Å². The van der Waals surface area contributed by atoms with Crippen molar-refractivity contribution >= 4 is 22.9 Å². The Kier molecular flexibility index (Phi) is 5.63. The van der Waals surface area contributed by atoms with Gasteiger partial charge in [-0.25, -0.2) is 4.98 Å². The van der Waals surface area contributed by atoms with Gasteiger partial charge in [0.2, 0.25) is 5.88 Å². The van der Waals surface area contributed by atoms with Gasteiger partial charge in [0.05, 0.1) is 17.3 Å². The lowest BCUT2D eigenvalue weighted by Crippen LogP contribution is -2.14. The lowest BCUT2D eigenvalue weighted by atomic mass is 10.3. The molecule has 0 bridgehead atoms. The van der Waals surface area contributed by atoms with E-state index in [4.69, 9.17) is 16.3 Å². The number of nitrogens with zero attached hydrogens (tertiary/aromatic N) is 1. The van der Waals surface area contributed by atoms with Crippen molar-refractivity contribution in [2.24, 2.45) is 0 Å². The van der Waals surface area contributed by atoms with Crippen LogP contribution in [0.5, 0.6) is 5.88 Å². The summed E-state index contributed by atoms with van der Waals surface area (Å²) in [5.41, 5.74) is 0.831. The summed E-state index contributed by atoms with van der Waals surface area (Å²) in [6, 6.07) is 7.81. The minimum Gasteiger partial charge on any atom is -0.477 e. The number of hydrogen-bond acceptors (Lipinski definition) is 4. The molecular weight excluding hydrogens is 280 g/mol. The van der Waals surface area contributed by atoms with Gasteiger partial charge >= 0.3 is 0 Å². The van der Waals surface area contributed by atoms with Crippen molar-refractivity contribution in [3.63, 3.8) is 0 Å². The number of rotatable bonds is 7. The summed E-state index contributed by atoms with van der Waals surface area (Å²) in [5.74, 6) is 0.633. The molecule has 0 saturated heterocycles. The van der Waals surface area contributed by atoms with Gasteiger partial charge in [0.25, 0.3) is 0 Å². The van der Waals surface area contributed by atoms with E-state index < -0.39 is 0 Å². The fraction of sp³-hybridized carbons (Fsp3) is 0.357. The van der Waals surface area contributed by atoms with Gasteiger partial charge in [-0.15, -0.1) is 11.3 Å². The van der Waals surface area contributed by atoms with Crippen molar-refractivity contribution in [2.45, 2.75) is 19.9 Å². The maximum absolute atomic E-state index is 6.09. The first-order valence-corrected chi connectivity index (χ1v) is 7.56. The summed E-state index contributed by atoms with van der Waals surface area (Å²) in [4.78, 5) is 5.74. The minimum atomic E-state index is 0.633. The van der Waals surface area contributed by atoms with E-state index in [2.05, 4.69) is 34.7 Å². The number of aromatic nitrogens is 1. The highest BCUT2D eigenvalue weighted by molar-refractivity contribution is 7.09. The predicted molar refractivity (Wildman–Crippen MR) is 80.1 cm³/mol. The molecule has 2 heterocycles. The Bertz CT molecular complexity index is 502. The van der Waals surface area contributed by atoms with E-state index in [1.807, 2.05) is 12.1 Å². The van der Waals surface area contributed by atoms with Crippen LogP contribution in [0.4, 0.5) is 0 Å². The van der Waals surface area contributed by atoms with E-state index in [0.717, 1.165) is 18.7 Å². The number of hydrogen-bond donors (Lipinski definition) is 1. The summed E-state index contributed by atoms with van der Waals surface area (Å²) in [6.45, 7) is 4.24. The second kappa shape index (κ2) is 7.48. The molecule has 1 N–H and O–H groups in total. The summed E-state index contributed by atoms with van der Waals surface area (Å²) in [7, 11) is 0. The molecule has 0 aliphatic carbocycles. The third-order valence-corrected chi connectivity index (χ3v) is 3.89. The molecule has 0 fully saturated rings. The third kappa shape index (κ3) is 4.49. The molecule has 2 rings (SSSR count). The van der Waals surface area contributed by atoms with Crippen molar-refractivity contribution in [3.8, 4) is 5.88 Å². The van der Waals surface area contributed by atoms with Gasteiger partial charge in [0, 0.05) is 23.9 Å². The van der Waals surface area contributed by atoms with Crippen molar-refractivity contribution in [1.82, 2.24) is 10.3 Å². The number of pyridine rings is 1.